The zero-order chi connectivity index (χ0) is 13.5. The van der Waals surface area contributed by atoms with Crippen molar-refractivity contribution in [3.05, 3.63) is 29.8 Å². The maximum atomic E-state index is 13.3. The number of halogens is 2. The van der Waals surface area contributed by atoms with Gasteiger partial charge in [0.15, 0.2) is 11.6 Å². The van der Waals surface area contributed by atoms with Gasteiger partial charge in [0.2, 0.25) is 0 Å². The van der Waals surface area contributed by atoms with Gasteiger partial charge >= 0.3 is 0 Å². The zero-order valence-electron chi connectivity index (χ0n) is 11.1. The summed E-state index contributed by atoms with van der Waals surface area (Å²) in [5.41, 5.74) is 0. The van der Waals surface area contributed by atoms with E-state index in [-0.39, 0.29) is 5.75 Å². The Hall–Kier alpha value is -1.16. The number of rotatable bonds is 6. The minimum atomic E-state index is -0.646. The topological polar surface area (TPSA) is 21.3 Å². The molecule has 2 rings (SSSR count). The van der Waals surface area contributed by atoms with Crippen LogP contribution < -0.4 is 10.1 Å². The lowest BCUT2D eigenvalue weighted by Crippen LogP contribution is -2.28. The minimum absolute atomic E-state index is 0.112. The Balaban J connectivity index is 1.61. The van der Waals surface area contributed by atoms with E-state index in [0.29, 0.717) is 13.2 Å². The molecule has 1 aliphatic rings. The van der Waals surface area contributed by atoms with Gasteiger partial charge in [0.25, 0.3) is 0 Å². The summed E-state index contributed by atoms with van der Waals surface area (Å²) in [6, 6.07) is 3.37. The van der Waals surface area contributed by atoms with Gasteiger partial charge in [-0.3, -0.25) is 0 Å². The van der Waals surface area contributed by atoms with Gasteiger partial charge in [0.1, 0.15) is 12.4 Å². The van der Waals surface area contributed by atoms with E-state index in [0.717, 1.165) is 18.5 Å². The molecule has 1 aliphatic carbocycles. The van der Waals surface area contributed by atoms with Gasteiger partial charge in [0.05, 0.1) is 0 Å². The van der Waals surface area contributed by atoms with Crippen molar-refractivity contribution in [2.75, 3.05) is 19.7 Å². The molecule has 0 aromatic heterocycles. The molecule has 1 aromatic rings. The van der Waals surface area contributed by atoms with Crippen LogP contribution in [0.5, 0.6) is 5.75 Å². The van der Waals surface area contributed by atoms with Gasteiger partial charge in [-0.05, 0) is 37.4 Å². The fourth-order valence-corrected chi connectivity index (χ4v) is 2.52. The first-order valence-corrected chi connectivity index (χ1v) is 7.04. The van der Waals surface area contributed by atoms with Gasteiger partial charge in [-0.15, -0.1) is 0 Å². The number of hydrogen-bond acceptors (Lipinski definition) is 2. The average molecular weight is 269 g/mol. The van der Waals surface area contributed by atoms with Crippen LogP contribution in [0.25, 0.3) is 0 Å². The van der Waals surface area contributed by atoms with E-state index in [4.69, 9.17) is 4.74 Å². The van der Waals surface area contributed by atoms with Crippen molar-refractivity contribution >= 4 is 0 Å². The highest BCUT2D eigenvalue weighted by Gasteiger charge is 2.12. The molecule has 0 atom stereocenters. The lowest BCUT2D eigenvalue weighted by atomic mass is 9.89. The summed E-state index contributed by atoms with van der Waals surface area (Å²) >= 11 is 0. The van der Waals surface area contributed by atoms with Crippen LogP contribution in [0.3, 0.4) is 0 Å². The molecule has 1 saturated carbocycles. The van der Waals surface area contributed by atoms with Gasteiger partial charge < -0.3 is 10.1 Å². The predicted molar refractivity (Wildman–Crippen MR) is 71.3 cm³/mol. The highest BCUT2D eigenvalue weighted by Crippen LogP contribution is 2.22. The first-order chi connectivity index (χ1) is 9.25. The van der Waals surface area contributed by atoms with Gasteiger partial charge in [0, 0.05) is 12.6 Å². The second kappa shape index (κ2) is 7.43. The summed E-state index contributed by atoms with van der Waals surface area (Å²) in [5.74, 6) is -0.343. The van der Waals surface area contributed by atoms with Crippen LogP contribution >= 0.6 is 0 Å². The molecular weight excluding hydrogens is 248 g/mol. The second-order valence-corrected chi connectivity index (χ2v) is 5.13. The van der Waals surface area contributed by atoms with Crippen molar-refractivity contribution in [3.8, 4) is 5.75 Å². The third-order valence-electron chi connectivity index (χ3n) is 3.59. The number of nitrogens with one attached hydrogen (secondary N) is 1. The summed E-state index contributed by atoms with van der Waals surface area (Å²) in [5, 5.41) is 3.33. The predicted octanol–water partition coefficient (Wildman–Crippen LogP) is 3.51. The van der Waals surface area contributed by atoms with Crippen LogP contribution in [0.4, 0.5) is 8.78 Å². The van der Waals surface area contributed by atoms with Crippen molar-refractivity contribution in [1.29, 1.82) is 0 Å². The molecule has 0 radical (unpaired) electrons. The van der Waals surface area contributed by atoms with Gasteiger partial charge in [-0.2, -0.15) is 0 Å². The molecule has 0 spiro atoms. The van der Waals surface area contributed by atoms with E-state index in [9.17, 15) is 8.78 Å². The quantitative estimate of drug-likeness (QED) is 0.798. The van der Waals surface area contributed by atoms with E-state index in [1.165, 1.54) is 44.2 Å². The molecule has 0 heterocycles. The Morgan fingerprint density at radius 2 is 1.95 bits per heavy atom. The molecule has 0 unspecified atom stereocenters. The molecule has 19 heavy (non-hydrogen) atoms. The van der Waals surface area contributed by atoms with Gasteiger partial charge in [-0.25, -0.2) is 8.78 Å². The molecule has 106 valence electrons. The molecule has 0 amide bonds. The minimum Gasteiger partial charge on any atom is -0.489 e. The molecule has 0 bridgehead atoms. The Labute approximate surface area is 113 Å². The average Bonchev–Trinajstić information content (AvgIpc) is 2.42. The molecule has 1 N–H and O–H groups in total. The second-order valence-electron chi connectivity index (χ2n) is 5.13. The third-order valence-corrected chi connectivity index (χ3v) is 3.59. The maximum Gasteiger partial charge on any atom is 0.167 e. The van der Waals surface area contributed by atoms with Crippen molar-refractivity contribution in [2.24, 2.45) is 5.92 Å². The molecule has 4 heteroatoms. The fraction of sp³-hybridized carbons (Fsp3) is 0.600. The van der Waals surface area contributed by atoms with Crippen LogP contribution in [0, 0.1) is 17.6 Å². The van der Waals surface area contributed by atoms with Crippen molar-refractivity contribution in [1.82, 2.24) is 5.32 Å². The smallest absolute Gasteiger partial charge is 0.167 e. The van der Waals surface area contributed by atoms with E-state index in [2.05, 4.69) is 5.32 Å². The summed E-state index contributed by atoms with van der Waals surface area (Å²) in [6.07, 6.45) is 6.65. The monoisotopic (exact) mass is 269 g/mol. The van der Waals surface area contributed by atoms with Crippen molar-refractivity contribution in [2.45, 2.75) is 32.1 Å². The maximum absolute atomic E-state index is 13.3. The van der Waals surface area contributed by atoms with Crippen LogP contribution in [-0.4, -0.2) is 19.7 Å². The fourth-order valence-electron chi connectivity index (χ4n) is 2.52. The third kappa shape index (κ3) is 4.78. The standard InChI is InChI=1S/C15H21F2NO/c16-13-6-7-15(14(17)10-13)19-9-8-18-11-12-4-2-1-3-5-12/h6-7,10,12,18H,1-5,8-9,11H2. The Kier molecular flexibility index (Phi) is 5.58. The summed E-state index contributed by atoms with van der Waals surface area (Å²) in [4.78, 5) is 0. The molecular formula is C15H21F2NO. The summed E-state index contributed by atoms with van der Waals surface area (Å²) in [7, 11) is 0. The highest BCUT2D eigenvalue weighted by molar-refractivity contribution is 5.24. The first kappa shape index (κ1) is 14.3. The molecule has 2 nitrogen and oxygen atoms in total. The van der Waals surface area contributed by atoms with Gasteiger partial charge in [-0.1, -0.05) is 19.3 Å². The van der Waals surface area contributed by atoms with E-state index in [1.54, 1.807) is 0 Å². The van der Waals surface area contributed by atoms with Crippen molar-refractivity contribution < 1.29 is 13.5 Å². The zero-order valence-corrected chi connectivity index (χ0v) is 11.1. The van der Waals surface area contributed by atoms with E-state index >= 15 is 0 Å². The normalized spacial score (nSPS) is 16.5. The Bertz CT molecular complexity index is 392. The largest absolute Gasteiger partial charge is 0.489 e. The number of benzene rings is 1. The lowest BCUT2D eigenvalue weighted by molar-refractivity contribution is 0.284. The highest BCUT2D eigenvalue weighted by atomic mass is 19.1. The van der Waals surface area contributed by atoms with E-state index in [1.807, 2.05) is 0 Å². The summed E-state index contributed by atoms with van der Waals surface area (Å²) in [6.45, 7) is 2.10. The number of ether oxygens (including phenoxy) is 1. The first-order valence-electron chi connectivity index (χ1n) is 7.04. The molecule has 1 fully saturated rings. The van der Waals surface area contributed by atoms with Crippen LogP contribution in [0.15, 0.2) is 18.2 Å². The van der Waals surface area contributed by atoms with Crippen LogP contribution in [0.1, 0.15) is 32.1 Å². The molecule has 0 saturated heterocycles. The lowest BCUT2D eigenvalue weighted by Gasteiger charge is -2.21. The SMILES string of the molecule is Fc1ccc(OCCNCC2CCCCC2)c(F)c1. The molecule has 1 aromatic carbocycles. The summed E-state index contributed by atoms with van der Waals surface area (Å²) < 4.78 is 31.2. The van der Waals surface area contributed by atoms with Crippen molar-refractivity contribution in [3.63, 3.8) is 0 Å². The van der Waals surface area contributed by atoms with Crippen LogP contribution in [0.2, 0.25) is 0 Å². The van der Waals surface area contributed by atoms with E-state index < -0.39 is 11.6 Å². The van der Waals surface area contributed by atoms with Crippen LogP contribution in [-0.2, 0) is 0 Å². The Morgan fingerprint density at radius 1 is 1.16 bits per heavy atom. The Morgan fingerprint density at radius 3 is 2.68 bits per heavy atom. The number of hydrogen-bond donors (Lipinski definition) is 1. The molecule has 0 aliphatic heterocycles.